The largest absolute Gasteiger partial charge is 0.392 e. The Bertz CT molecular complexity index is 366. The summed E-state index contributed by atoms with van der Waals surface area (Å²) in [6, 6.07) is 10.2. The number of benzene rings is 1. The summed E-state index contributed by atoms with van der Waals surface area (Å²) in [6.45, 7) is 3.76. The number of aliphatic hydroxyl groups excluding tert-OH is 1. The van der Waals surface area contributed by atoms with Gasteiger partial charge < -0.3 is 5.11 Å². The fourth-order valence-corrected chi connectivity index (χ4v) is 2.31. The van der Waals surface area contributed by atoms with Crippen molar-refractivity contribution < 1.29 is 5.11 Å². The number of rotatable bonds is 3. The van der Waals surface area contributed by atoms with Crippen molar-refractivity contribution >= 4 is 6.08 Å². The van der Waals surface area contributed by atoms with Crippen LogP contribution in [0.15, 0.2) is 49.1 Å². The van der Waals surface area contributed by atoms with E-state index < -0.39 is 0 Å². The average Bonchev–Trinajstić information content (AvgIpc) is 2.69. The molecule has 1 aliphatic carbocycles. The summed E-state index contributed by atoms with van der Waals surface area (Å²) >= 11 is 0. The molecule has 1 nitrogen and oxygen atoms in total. The molecule has 1 heteroatoms. The molecule has 1 N–H and O–H groups in total. The Morgan fingerprint density at radius 2 is 1.81 bits per heavy atom. The molecule has 0 bridgehead atoms. The third kappa shape index (κ3) is 2.42. The molecule has 0 unspecified atom stereocenters. The van der Waals surface area contributed by atoms with E-state index >= 15 is 0 Å². The first-order chi connectivity index (χ1) is 7.81. The molecule has 0 radical (unpaired) electrons. The van der Waals surface area contributed by atoms with Crippen molar-refractivity contribution in [2.75, 3.05) is 0 Å². The van der Waals surface area contributed by atoms with E-state index in [1.807, 2.05) is 24.3 Å². The Labute approximate surface area is 97.1 Å². The Balaban J connectivity index is 2.01. The van der Waals surface area contributed by atoms with E-state index in [0.717, 1.165) is 12.8 Å². The number of hydrogen-bond acceptors (Lipinski definition) is 1. The monoisotopic (exact) mass is 214 g/mol. The summed E-state index contributed by atoms with van der Waals surface area (Å²) in [5, 5.41) is 10.0. The molecule has 16 heavy (non-hydrogen) atoms. The molecule has 0 spiro atoms. The average molecular weight is 214 g/mol. The molecule has 3 atom stereocenters. The highest BCUT2D eigenvalue weighted by Gasteiger charge is 2.30. The second kappa shape index (κ2) is 5.13. The summed E-state index contributed by atoms with van der Waals surface area (Å²) in [5.74, 6) is 0.550. The molecule has 0 saturated heterocycles. The van der Waals surface area contributed by atoms with Crippen molar-refractivity contribution in [1.82, 2.24) is 0 Å². The molecule has 0 heterocycles. The lowest BCUT2D eigenvalue weighted by Gasteiger charge is -2.13. The maximum Gasteiger partial charge on any atom is 0.0665 e. The Kier molecular flexibility index (Phi) is 3.58. The van der Waals surface area contributed by atoms with Gasteiger partial charge in [-0.3, -0.25) is 0 Å². The summed E-state index contributed by atoms with van der Waals surface area (Å²) in [4.78, 5) is 0. The summed E-state index contributed by atoms with van der Waals surface area (Å²) in [5.41, 5.74) is 1.19. The Hall–Kier alpha value is -1.34. The summed E-state index contributed by atoms with van der Waals surface area (Å²) in [7, 11) is 0. The minimum absolute atomic E-state index is 0.252. The van der Waals surface area contributed by atoms with E-state index in [2.05, 4.69) is 30.9 Å². The van der Waals surface area contributed by atoms with Crippen molar-refractivity contribution in [2.24, 2.45) is 11.8 Å². The van der Waals surface area contributed by atoms with Gasteiger partial charge in [0.2, 0.25) is 0 Å². The van der Waals surface area contributed by atoms with Gasteiger partial charge in [-0.15, -0.1) is 6.58 Å². The van der Waals surface area contributed by atoms with Crippen LogP contribution in [-0.2, 0) is 0 Å². The van der Waals surface area contributed by atoms with Crippen LogP contribution in [0.25, 0.3) is 6.08 Å². The number of hydrogen-bond donors (Lipinski definition) is 1. The van der Waals surface area contributed by atoms with Crippen LogP contribution in [0.4, 0.5) is 0 Å². The molecule has 0 aliphatic heterocycles. The first-order valence-corrected chi connectivity index (χ1v) is 5.85. The van der Waals surface area contributed by atoms with Crippen molar-refractivity contribution in [1.29, 1.82) is 0 Å². The molecular weight excluding hydrogens is 196 g/mol. The highest BCUT2D eigenvalue weighted by atomic mass is 16.3. The smallest absolute Gasteiger partial charge is 0.0665 e. The zero-order chi connectivity index (χ0) is 11.4. The van der Waals surface area contributed by atoms with Gasteiger partial charge in [0.05, 0.1) is 6.10 Å². The fraction of sp³-hybridized carbons (Fsp3) is 0.333. The van der Waals surface area contributed by atoms with Crippen molar-refractivity contribution in [3.8, 4) is 0 Å². The molecule has 1 aromatic carbocycles. The Morgan fingerprint density at radius 3 is 2.44 bits per heavy atom. The highest BCUT2D eigenvalue weighted by molar-refractivity contribution is 5.49. The fourth-order valence-electron chi connectivity index (χ4n) is 2.31. The third-order valence-electron chi connectivity index (χ3n) is 3.35. The van der Waals surface area contributed by atoms with E-state index in [1.54, 1.807) is 0 Å². The third-order valence-corrected chi connectivity index (χ3v) is 3.35. The predicted octanol–water partition coefficient (Wildman–Crippen LogP) is 3.27. The second-order valence-corrected chi connectivity index (χ2v) is 4.40. The van der Waals surface area contributed by atoms with Crippen LogP contribution in [0.1, 0.15) is 18.4 Å². The van der Waals surface area contributed by atoms with Gasteiger partial charge in [0, 0.05) is 11.8 Å². The van der Waals surface area contributed by atoms with Gasteiger partial charge in [0.1, 0.15) is 0 Å². The van der Waals surface area contributed by atoms with Crippen LogP contribution in [0, 0.1) is 11.8 Å². The molecular formula is C15H18O. The van der Waals surface area contributed by atoms with E-state index in [0.29, 0.717) is 0 Å². The van der Waals surface area contributed by atoms with E-state index in [-0.39, 0.29) is 17.9 Å². The minimum Gasteiger partial charge on any atom is -0.392 e. The molecule has 1 saturated carbocycles. The van der Waals surface area contributed by atoms with Gasteiger partial charge in [-0.25, -0.2) is 0 Å². The van der Waals surface area contributed by atoms with E-state index in [9.17, 15) is 5.11 Å². The first-order valence-electron chi connectivity index (χ1n) is 5.85. The van der Waals surface area contributed by atoms with Crippen LogP contribution < -0.4 is 0 Å². The first kappa shape index (κ1) is 11.2. The van der Waals surface area contributed by atoms with Crippen LogP contribution in [0.3, 0.4) is 0 Å². The molecule has 1 aliphatic rings. The summed E-state index contributed by atoms with van der Waals surface area (Å²) < 4.78 is 0. The van der Waals surface area contributed by atoms with Gasteiger partial charge >= 0.3 is 0 Å². The molecule has 84 valence electrons. The molecule has 2 rings (SSSR count). The molecule has 1 aromatic rings. The van der Waals surface area contributed by atoms with Crippen LogP contribution in [-0.4, -0.2) is 11.2 Å². The van der Waals surface area contributed by atoms with Gasteiger partial charge in [-0.1, -0.05) is 48.6 Å². The van der Waals surface area contributed by atoms with E-state index in [1.165, 1.54) is 5.56 Å². The van der Waals surface area contributed by atoms with Crippen LogP contribution in [0.2, 0.25) is 0 Å². The zero-order valence-corrected chi connectivity index (χ0v) is 9.42. The van der Waals surface area contributed by atoms with Crippen LogP contribution in [0.5, 0.6) is 0 Å². The standard InChI is InChI=1S/C15H18O/c1-2-13-10-11-14(15(13)16)9-8-12-6-4-3-5-7-12/h2-9,13-16H,1,10-11H2/b9-8+/t13-,14+,15+/m1/s1. The van der Waals surface area contributed by atoms with Crippen molar-refractivity contribution in [2.45, 2.75) is 18.9 Å². The SMILES string of the molecule is C=C[C@@H]1CC[C@H](/C=C/c2ccccc2)[C@H]1O. The van der Waals surface area contributed by atoms with Crippen molar-refractivity contribution in [3.63, 3.8) is 0 Å². The lowest BCUT2D eigenvalue weighted by molar-refractivity contribution is 0.126. The second-order valence-electron chi connectivity index (χ2n) is 4.40. The predicted molar refractivity (Wildman–Crippen MR) is 67.9 cm³/mol. The van der Waals surface area contributed by atoms with Crippen LogP contribution >= 0.6 is 0 Å². The normalized spacial score (nSPS) is 29.7. The van der Waals surface area contributed by atoms with Gasteiger partial charge in [-0.2, -0.15) is 0 Å². The Morgan fingerprint density at radius 1 is 1.12 bits per heavy atom. The topological polar surface area (TPSA) is 20.2 Å². The van der Waals surface area contributed by atoms with Gasteiger partial charge in [0.15, 0.2) is 0 Å². The lowest BCUT2D eigenvalue weighted by Crippen LogP contribution is -2.17. The molecule has 1 fully saturated rings. The van der Waals surface area contributed by atoms with Crippen molar-refractivity contribution in [3.05, 3.63) is 54.6 Å². The number of aliphatic hydroxyl groups is 1. The van der Waals surface area contributed by atoms with Gasteiger partial charge in [-0.05, 0) is 18.4 Å². The molecule has 0 amide bonds. The maximum atomic E-state index is 10.0. The zero-order valence-electron chi connectivity index (χ0n) is 9.42. The highest BCUT2D eigenvalue weighted by Crippen LogP contribution is 2.33. The minimum atomic E-state index is -0.252. The quantitative estimate of drug-likeness (QED) is 0.766. The van der Waals surface area contributed by atoms with Gasteiger partial charge in [0.25, 0.3) is 0 Å². The van der Waals surface area contributed by atoms with E-state index in [4.69, 9.17) is 0 Å². The lowest BCUT2D eigenvalue weighted by atomic mass is 10.00. The molecule has 0 aromatic heterocycles. The summed E-state index contributed by atoms with van der Waals surface area (Å²) in [6.07, 6.45) is 7.96. The maximum absolute atomic E-state index is 10.0.